The summed E-state index contributed by atoms with van der Waals surface area (Å²) in [7, 11) is 0. The van der Waals surface area contributed by atoms with Crippen molar-refractivity contribution in [1.82, 2.24) is 4.57 Å². The molecule has 0 fully saturated rings. The second-order valence-electron chi connectivity index (χ2n) is 3.48. The predicted molar refractivity (Wildman–Crippen MR) is 63.3 cm³/mol. The van der Waals surface area contributed by atoms with Crippen molar-refractivity contribution in [3.05, 3.63) is 34.1 Å². The van der Waals surface area contributed by atoms with Crippen molar-refractivity contribution < 1.29 is 4.79 Å². The fraction of sp³-hybridized carbons (Fsp3) is 0.200. The number of carbonyl (C=O) groups is 1. The monoisotopic (exact) mass is 237 g/mol. The van der Waals surface area contributed by atoms with Gasteiger partial charge in [-0.1, -0.05) is 0 Å². The molecule has 5 nitrogen and oxygen atoms in total. The summed E-state index contributed by atoms with van der Waals surface area (Å²) in [6.07, 6.45) is 1.63. The van der Waals surface area contributed by atoms with E-state index >= 15 is 0 Å². The van der Waals surface area contributed by atoms with Gasteiger partial charge >= 0.3 is 0 Å². The molecule has 0 bridgehead atoms. The summed E-state index contributed by atoms with van der Waals surface area (Å²) in [5.41, 5.74) is 10.4. The molecule has 0 radical (unpaired) electrons. The molecule has 0 saturated carbocycles. The minimum atomic E-state index is -0.839. The minimum absolute atomic E-state index is 0.111. The van der Waals surface area contributed by atoms with Gasteiger partial charge in [0.25, 0.3) is 5.56 Å². The Morgan fingerprint density at radius 1 is 1.50 bits per heavy atom. The highest BCUT2D eigenvalue weighted by atomic mass is 32.1. The van der Waals surface area contributed by atoms with Crippen LogP contribution in [0, 0.1) is 0 Å². The number of nitrogens with zero attached hydrogens (tertiary/aromatic N) is 1. The number of rotatable bonds is 3. The van der Waals surface area contributed by atoms with Gasteiger partial charge in [0.2, 0.25) is 5.91 Å². The van der Waals surface area contributed by atoms with Crippen LogP contribution in [0.4, 0.5) is 0 Å². The predicted octanol–water partition coefficient (Wildman–Crippen LogP) is -0.124. The average molecular weight is 237 g/mol. The van der Waals surface area contributed by atoms with Crippen molar-refractivity contribution in [1.29, 1.82) is 0 Å². The van der Waals surface area contributed by atoms with Crippen molar-refractivity contribution in [2.75, 3.05) is 0 Å². The lowest BCUT2D eigenvalue weighted by molar-refractivity contribution is -0.119. The third kappa shape index (κ3) is 1.84. The van der Waals surface area contributed by atoms with Crippen molar-refractivity contribution in [3.8, 4) is 0 Å². The quantitative estimate of drug-likeness (QED) is 0.779. The number of hydrogen-bond acceptors (Lipinski definition) is 4. The van der Waals surface area contributed by atoms with Crippen molar-refractivity contribution in [2.45, 2.75) is 12.6 Å². The summed E-state index contributed by atoms with van der Waals surface area (Å²) in [6.45, 7) is 0.111. The molecule has 2 aromatic rings. The Hall–Kier alpha value is -1.66. The Labute approximate surface area is 95.3 Å². The molecule has 2 heterocycles. The second-order valence-corrected chi connectivity index (χ2v) is 4.43. The summed E-state index contributed by atoms with van der Waals surface area (Å²) in [4.78, 5) is 22.7. The number of amides is 1. The summed E-state index contributed by atoms with van der Waals surface area (Å²) < 4.78 is 2.33. The third-order valence-electron chi connectivity index (χ3n) is 2.35. The normalized spacial score (nSPS) is 12.8. The van der Waals surface area contributed by atoms with Crippen molar-refractivity contribution >= 4 is 27.3 Å². The maximum absolute atomic E-state index is 11.9. The standard InChI is InChI=1S/C10H11N3O2S/c11-7(9(12)14)5-13-3-1-8-6(10(13)15)2-4-16-8/h1-4,7H,5,11H2,(H2,12,14). The fourth-order valence-electron chi connectivity index (χ4n) is 1.45. The Kier molecular flexibility index (Phi) is 2.76. The molecule has 0 spiro atoms. The van der Waals surface area contributed by atoms with E-state index in [1.54, 1.807) is 12.3 Å². The second kappa shape index (κ2) is 4.07. The lowest BCUT2D eigenvalue weighted by Crippen LogP contribution is -2.41. The SMILES string of the molecule is NC(=O)C(N)Cn1ccc2sccc2c1=O. The van der Waals surface area contributed by atoms with E-state index in [0.29, 0.717) is 5.39 Å². The molecular weight excluding hydrogens is 226 g/mol. The molecule has 1 amide bonds. The zero-order valence-corrected chi connectivity index (χ0v) is 9.24. The molecule has 1 atom stereocenters. The van der Waals surface area contributed by atoms with E-state index < -0.39 is 11.9 Å². The minimum Gasteiger partial charge on any atom is -0.368 e. The van der Waals surface area contributed by atoms with Gasteiger partial charge in [0.1, 0.15) is 6.04 Å². The van der Waals surface area contributed by atoms with Gasteiger partial charge in [0.05, 0.1) is 5.39 Å². The topological polar surface area (TPSA) is 91.1 Å². The number of nitrogens with two attached hydrogens (primary N) is 2. The van der Waals surface area contributed by atoms with Gasteiger partial charge in [-0.15, -0.1) is 11.3 Å². The molecule has 2 rings (SSSR count). The summed E-state index contributed by atoms with van der Waals surface area (Å²) >= 11 is 1.50. The number of hydrogen-bond donors (Lipinski definition) is 2. The highest BCUT2D eigenvalue weighted by molar-refractivity contribution is 7.17. The first-order valence-electron chi connectivity index (χ1n) is 4.71. The third-order valence-corrected chi connectivity index (χ3v) is 3.23. The van der Waals surface area contributed by atoms with Crippen LogP contribution >= 0.6 is 11.3 Å². The Morgan fingerprint density at radius 2 is 2.25 bits per heavy atom. The van der Waals surface area contributed by atoms with Gasteiger partial charge in [0.15, 0.2) is 0 Å². The van der Waals surface area contributed by atoms with Crippen LogP contribution in [-0.2, 0) is 11.3 Å². The van der Waals surface area contributed by atoms with Gasteiger partial charge in [-0.3, -0.25) is 9.59 Å². The van der Waals surface area contributed by atoms with E-state index in [1.165, 1.54) is 15.9 Å². The largest absolute Gasteiger partial charge is 0.368 e. The fourth-order valence-corrected chi connectivity index (χ4v) is 2.22. The highest BCUT2D eigenvalue weighted by Gasteiger charge is 2.11. The van der Waals surface area contributed by atoms with E-state index in [1.807, 2.05) is 11.4 Å². The highest BCUT2D eigenvalue weighted by Crippen LogP contribution is 2.16. The molecule has 4 N–H and O–H groups in total. The van der Waals surface area contributed by atoms with Crippen LogP contribution in [-0.4, -0.2) is 16.5 Å². The van der Waals surface area contributed by atoms with E-state index in [9.17, 15) is 9.59 Å². The Bertz CT molecular complexity index is 587. The molecule has 0 aromatic carbocycles. The number of pyridine rings is 1. The summed E-state index contributed by atoms with van der Waals surface area (Å²) in [5.74, 6) is -0.614. The van der Waals surface area contributed by atoms with E-state index in [4.69, 9.17) is 11.5 Å². The zero-order chi connectivity index (χ0) is 11.7. The smallest absolute Gasteiger partial charge is 0.259 e. The molecule has 2 aromatic heterocycles. The first-order chi connectivity index (χ1) is 7.59. The van der Waals surface area contributed by atoms with Crippen molar-refractivity contribution in [2.24, 2.45) is 11.5 Å². The van der Waals surface area contributed by atoms with Crippen LogP contribution in [0.5, 0.6) is 0 Å². The Balaban J connectivity index is 2.42. The first-order valence-corrected chi connectivity index (χ1v) is 5.59. The number of carbonyl (C=O) groups excluding carboxylic acids is 1. The van der Waals surface area contributed by atoms with Gasteiger partial charge in [-0.2, -0.15) is 0 Å². The van der Waals surface area contributed by atoms with Crippen LogP contribution in [0.15, 0.2) is 28.5 Å². The molecule has 6 heteroatoms. The molecule has 1 unspecified atom stereocenters. The van der Waals surface area contributed by atoms with Gasteiger partial charge in [-0.05, 0) is 17.5 Å². The summed E-state index contributed by atoms with van der Waals surface area (Å²) in [6, 6.07) is 2.75. The van der Waals surface area contributed by atoms with Crippen LogP contribution in [0.3, 0.4) is 0 Å². The number of aromatic nitrogens is 1. The molecular formula is C10H11N3O2S. The average Bonchev–Trinajstić information content (AvgIpc) is 2.70. The van der Waals surface area contributed by atoms with Crippen LogP contribution in [0.1, 0.15) is 0 Å². The van der Waals surface area contributed by atoms with E-state index in [-0.39, 0.29) is 12.1 Å². The molecule has 84 valence electrons. The van der Waals surface area contributed by atoms with Crippen LogP contribution in [0.25, 0.3) is 10.1 Å². The Morgan fingerprint density at radius 3 is 2.94 bits per heavy atom. The van der Waals surface area contributed by atoms with E-state index in [0.717, 1.165) is 4.70 Å². The zero-order valence-electron chi connectivity index (χ0n) is 8.42. The molecule has 0 aliphatic rings. The maximum Gasteiger partial charge on any atom is 0.259 e. The first kappa shape index (κ1) is 10.8. The number of thiophene rings is 1. The number of fused-ring (bicyclic) bond motifs is 1. The number of primary amides is 1. The van der Waals surface area contributed by atoms with Gasteiger partial charge in [0, 0.05) is 17.4 Å². The molecule has 16 heavy (non-hydrogen) atoms. The maximum atomic E-state index is 11.9. The van der Waals surface area contributed by atoms with Gasteiger partial charge < -0.3 is 16.0 Å². The lowest BCUT2D eigenvalue weighted by Gasteiger charge is -2.09. The van der Waals surface area contributed by atoms with Crippen LogP contribution < -0.4 is 17.0 Å². The molecule has 0 saturated heterocycles. The molecule has 0 aliphatic heterocycles. The van der Waals surface area contributed by atoms with E-state index in [2.05, 4.69) is 0 Å². The lowest BCUT2D eigenvalue weighted by atomic mass is 10.2. The van der Waals surface area contributed by atoms with Crippen molar-refractivity contribution in [3.63, 3.8) is 0 Å². The van der Waals surface area contributed by atoms with Crippen LogP contribution in [0.2, 0.25) is 0 Å². The summed E-state index contributed by atoms with van der Waals surface area (Å²) in [5, 5.41) is 2.49. The molecule has 0 aliphatic carbocycles. The van der Waals surface area contributed by atoms with Gasteiger partial charge in [-0.25, -0.2) is 0 Å².